The van der Waals surface area contributed by atoms with Gasteiger partial charge in [-0.15, -0.1) is 0 Å². The molecule has 27 heavy (non-hydrogen) atoms. The molecule has 0 fully saturated rings. The SMILES string of the molecule is C[C@@H]1CC(=O)Nc2ccccc2N1C(=O)COc1cc(F)ccc1[N+](=O)[O-]. The second-order valence-corrected chi connectivity index (χ2v) is 6.04. The predicted molar refractivity (Wildman–Crippen MR) is 95.2 cm³/mol. The number of carbonyl (C=O) groups excluding carboxylic acids is 2. The topological polar surface area (TPSA) is 102 Å². The van der Waals surface area contributed by atoms with Gasteiger partial charge in [-0.25, -0.2) is 4.39 Å². The van der Waals surface area contributed by atoms with Crippen LogP contribution in [0.5, 0.6) is 5.75 Å². The van der Waals surface area contributed by atoms with Gasteiger partial charge < -0.3 is 15.0 Å². The molecule has 1 atom stereocenters. The average Bonchev–Trinajstić information content (AvgIpc) is 2.73. The van der Waals surface area contributed by atoms with Crippen LogP contribution >= 0.6 is 0 Å². The first-order chi connectivity index (χ1) is 12.9. The molecule has 8 nitrogen and oxygen atoms in total. The largest absolute Gasteiger partial charge is 0.477 e. The summed E-state index contributed by atoms with van der Waals surface area (Å²) in [6.07, 6.45) is 0.0839. The molecule has 1 aliphatic rings. The summed E-state index contributed by atoms with van der Waals surface area (Å²) in [6, 6.07) is 9.12. The lowest BCUT2D eigenvalue weighted by atomic mass is 10.1. The van der Waals surface area contributed by atoms with Gasteiger partial charge in [0.1, 0.15) is 5.82 Å². The van der Waals surface area contributed by atoms with Crippen molar-refractivity contribution < 1.29 is 23.6 Å². The van der Waals surface area contributed by atoms with Crippen molar-refractivity contribution in [2.75, 3.05) is 16.8 Å². The van der Waals surface area contributed by atoms with Crippen molar-refractivity contribution in [1.82, 2.24) is 0 Å². The lowest BCUT2D eigenvalue weighted by Gasteiger charge is -2.27. The number of hydrogen-bond donors (Lipinski definition) is 1. The Hall–Kier alpha value is -3.49. The van der Waals surface area contributed by atoms with Crippen molar-refractivity contribution >= 4 is 28.9 Å². The highest BCUT2D eigenvalue weighted by molar-refractivity contribution is 6.04. The summed E-state index contributed by atoms with van der Waals surface area (Å²) in [5.41, 5.74) is 0.542. The molecule has 2 aromatic carbocycles. The maximum Gasteiger partial charge on any atom is 0.311 e. The number of nitro groups is 1. The zero-order valence-electron chi connectivity index (χ0n) is 14.3. The number of nitrogens with one attached hydrogen (secondary N) is 1. The Morgan fingerprint density at radius 1 is 1.37 bits per heavy atom. The highest BCUT2D eigenvalue weighted by Crippen LogP contribution is 2.32. The molecular weight excluding hydrogens is 357 g/mol. The zero-order chi connectivity index (χ0) is 19.6. The minimum Gasteiger partial charge on any atom is -0.477 e. The summed E-state index contributed by atoms with van der Waals surface area (Å²) in [4.78, 5) is 36.5. The van der Waals surface area contributed by atoms with E-state index >= 15 is 0 Å². The first-order valence-corrected chi connectivity index (χ1v) is 8.14. The second kappa shape index (κ2) is 7.40. The summed E-state index contributed by atoms with van der Waals surface area (Å²) in [5, 5.41) is 13.8. The van der Waals surface area contributed by atoms with Gasteiger partial charge in [0.05, 0.1) is 16.3 Å². The standard InChI is InChI=1S/C18H16FN3O5/c1-11-8-17(23)20-13-4-2-3-5-14(13)21(11)18(24)10-27-16-9-12(19)6-7-15(16)22(25)26/h2-7,9,11H,8,10H2,1H3,(H,20,23)/t11-/m1/s1. The van der Waals surface area contributed by atoms with Gasteiger partial charge >= 0.3 is 5.69 Å². The third-order valence-electron chi connectivity index (χ3n) is 4.10. The van der Waals surface area contributed by atoms with E-state index in [0.717, 1.165) is 18.2 Å². The number of fused-ring (bicyclic) bond motifs is 1. The van der Waals surface area contributed by atoms with Crippen molar-refractivity contribution in [3.8, 4) is 5.75 Å². The highest BCUT2D eigenvalue weighted by atomic mass is 19.1. The lowest BCUT2D eigenvalue weighted by Crippen LogP contribution is -2.41. The number of rotatable bonds is 4. The van der Waals surface area contributed by atoms with Crippen molar-refractivity contribution in [1.29, 1.82) is 0 Å². The van der Waals surface area contributed by atoms with Gasteiger partial charge in [0.25, 0.3) is 5.91 Å². The lowest BCUT2D eigenvalue weighted by molar-refractivity contribution is -0.385. The second-order valence-electron chi connectivity index (χ2n) is 6.04. The van der Waals surface area contributed by atoms with Crippen LogP contribution in [-0.4, -0.2) is 29.4 Å². The first-order valence-electron chi connectivity index (χ1n) is 8.14. The molecule has 1 aliphatic heterocycles. The Morgan fingerprint density at radius 2 is 2.11 bits per heavy atom. The number of benzene rings is 2. The van der Waals surface area contributed by atoms with E-state index in [0.29, 0.717) is 11.4 Å². The van der Waals surface area contributed by atoms with Gasteiger partial charge in [0, 0.05) is 24.6 Å². The fourth-order valence-corrected chi connectivity index (χ4v) is 2.93. The van der Waals surface area contributed by atoms with Crippen LogP contribution in [-0.2, 0) is 9.59 Å². The Balaban J connectivity index is 1.85. The van der Waals surface area contributed by atoms with E-state index < -0.39 is 35.0 Å². The van der Waals surface area contributed by atoms with Crippen molar-refractivity contribution in [2.24, 2.45) is 0 Å². The van der Waals surface area contributed by atoms with Gasteiger partial charge in [0.15, 0.2) is 6.61 Å². The fraction of sp³-hybridized carbons (Fsp3) is 0.222. The summed E-state index contributed by atoms with van der Waals surface area (Å²) < 4.78 is 18.6. The Kier molecular flexibility index (Phi) is 5.02. The molecular formula is C18H16FN3O5. The Morgan fingerprint density at radius 3 is 2.85 bits per heavy atom. The fourth-order valence-electron chi connectivity index (χ4n) is 2.93. The van der Waals surface area contributed by atoms with Crippen LogP contribution in [0.1, 0.15) is 13.3 Å². The number of nitro benzene ring substituents is 1. The number of hydrogen-bond acceptors (Lipinski definition) is 5. The first kappa shape index (κ1) is 18.3. The van der Waals surface area contributed by atoms with Crippen LogP contribution in [0.25, 0.3) is 0 Å². The monoisotopic (exact) mass is 373 g/mol. The molecule has 0 radical (unpaired) electrons. The number of para-hydroxylation sites is 2. The Bertz CT molecular complexity index is 918. The van der Waals surface area contributed by atoms with E-state index in [-0.39, 0.29) is 18.1 Å². The number of carbonyl (C=O) groups is 2. The molecule has 3 rings (SSSR count). The van der Waals surface area contributed by atoms with E-state index in [4.69, 9.17) is 4.74 Å². The molecule has 0 aliphatic carbocycles. The summed E-state index contributed by atoms with van der Waals surface area (Å²) in [6.45, 7) is 1.17. The molecule has 2 amide bonds. The van der Waals surface area contributed by atoms with Gasteiger partial charge in [-0.1, -0.05) is 12.1 Å². The van der Waals surface area contributed by atoms with Gasteiger partial charge in [-0.3, -0.25) is 19.7 Å². The third kappa shape index (κ3) is 3.86. The van der Waals surface area contributed by atoms with Gasteiger partial charge in [-0.05, 0) is 25.1 Å². The maximum atomic E-state index is 13.4. The molecule has 1 heterocycles. The smallest absolute Gasteiger partial charge is 0.311 e. The normalized spacial score (nSPS) is 16.1. The predicted octanol–water partition coefficient (Wildman–Crippen LogP) is 2.88. The molecule has 0 saturated heterocycles. The van der Waals surface area contributed by atoms with E-state index in [1.165, 1.54) is 4.90 Å². The van der Waals surface area contributed by atoms with E-state index in [1.54, 1.807) is 31.2 Å². The van der Waals surface area contributed by atoms with E-state index in [1.807, 2.05) is 0 Å². The summed E-state index contributed by atoms with van der Waals surface area (Å²) in [5.74, 6) is -1.79. The molecule has 2 aromatic rings. The molecule has 0 aromatic heterocycles. The quantitative estimate of drug-likeness (QED) is 0.656. The molecule has 140 valence electrons. The molecule has 9 heteroatoms. The van der Waals surface area contributed by atoms with Crippen molar-refractivity contribution in [2.45, 2.75) is 19.4 Å². The molecule has 0 spiro atoms. The van der Waals surface area contributed by atoms with Crippen molar-refractivity contribution in [3.05, 3.63) is 58.4 Å². The summed E-state index contributed by atoms with van der Waals surface area (Å²) >= 11 is 0. The number of nitrogens with zero attached hydrogens (tertiary/aromatic N) is 2. The molecule has 0 bridgehead atoms. The Labute approximate surface area is 153 Å². The minimum atomic E-state index is -0.717. The number of anilines is 2. The van der Waals surface area contributed by atoms with Crippen LogP contribution in [0.2, 0.25) is 0 Å². The number of halogens is 1. The molecule has 0 unspecified atom stereocenters. The van der Waals surface area contributed by atoms with Crippen LogP contribution in [0, 0.1) is 15.9 Å². The number of amides is 2. The molecule has 0 saturated carbocycles. The highest BCUT2D eigenvalue weighted by Gasteiger charge is 2.30. The van der Waals surface area contributed by atoms with Gasteiger partial charge in [-0.2, -0.15) is 0 Å². The third-order valence-corrected chi connectivity index (χ3v) is 4.10. The van der Waals surface area contributed by atoms with E-state index in [2.05, 4.69) is 5.32 Å². The number of ether oxygens (including phenoxy) is 1. The van der Waals surface area contributed by atoms with Crippen LogP contribution < -0.4 is 15.0 Å². The average molecular weight is 373 g/mol. The van der Waals surface area contributed by atoms with E-state index in [9.17, 15) is 24.1 Å². The molecule has 1 N–H and O–H groups in total. The van der Waals surface area contributed by atoms with Crippen LogP contribution in [0.4, 0.5) is 21.5 Å². The maximum absolute atomic E-state index is 13.4. The zero-order valence-corrected chi connectivity index (χ0v) is 14.3. The van der Waals surface area contributed by atoms with Crippen LogP contribution in [0.3, 0.4) is 0 Å². The summed E-state index contributed by atoms with van der Waals surface area (Å²) in [7, 11) is 0. The van der Waals surface area contributed by atoms with Crippen molar-refractivity contribution in [3.63, 3.8) is 0 Å². The van der Waals surface area contributed by atoms with Gasteiger partial charge in [0.2, 0.25) is 11.7 Å². The van der Waals surface area contributed by atoms with Crippen LogP contribution in [0.15, 0.2) is 42.5 Å². The minimum absolute atomic E-state index is 0.0839.